The molecule has 1 N–H and O–H groups in total. The lowest BCUT2D eigenvalue weighted by Crippen LogP contribution is -2.43. The fourth-order valence-corrected chi connectivity index (χ4v) is 7.37. The number of rotatable bonds is 4. The van der Waals surface area contributed by atoms with E-state index in [2.05, 4.69) is 35.1 Å². The summed E-state index contributed by atoms with van der Waals surface area (Å²) in [7, 11) is -1.92. The van der Waals surface area contributed by atoms with Crippen LogP contribution in [0.5, 0.6) is 5.75 Å². The van der Waals surface area contributed by atoms with Crippen LogP contribution in [-0.4, -0.2) is 21.2 Å². The number of aryl methyl sites for hydroxylation is 2. The molecule has 6 heteroatoms. The highest BCUT2D eigenvalue weighted by molar-refractivity contribution is 7.89. The van der Waals surface area contributed by atoms with Crippen molar-refractivity contribution in [2.24, 2.45) is 22.4 Å². The molecule has 5 nitrogen and oxygen atoms in total. The summed E-state index contributed by atoms with van der Waals surface area (Å²) >= 11 is 0. The second-order valence-corrected chi connectivity index (χ2v) is 11.6. The normalized spacial score (nSPS) is 30.3. The summed E-state index contributed by atoms with van der Waals surface area (Å²) in [6.45, 7) is 4.25. The molecule has 2 aromatic carbocycles. The van der Waals surface area contributed by atoms with Crippen LogP contribution in [0.1, 0.15) is 61.6 Å². The molecule has 32 heavy (non-hydrogen) atoms. The van der Waals surface area contributed by atoms with E-state index in [1.54, 1.807) is 19.2 Å². The average Bonchev–Trinajstić information content (AvgIpc) is 3.13. The lowest BCUT2D eigenvalue weighted by Gasteiger charge is -2.49. The van der Waals surface area contributed by atoms with Crippen molar-refractivity contribution in [1.29, 1.82) is 0 Å². The zero-order valence-electron chi connectivity index (χ0n) is 19.1. The van der Waals surface area contributed by atoms with E-state index in [1.165, 1.54) is 17.5 Å². The second-order valence-electron chi connectivity index (χ2n) is 9.94. The van der Waals surface area contributed by atoms with Crippen LogP contribution in [0.4, 0.5) is 0 Å². The molecule has 0 spiro atoms. The maximum absolute atomic E-state index is 12.8. The molecule has 0 aromatic heterocycles. The van der Waals surface area contributed by atoms with Gasteiger partial charge < -0.3 is 4.74 Å². The van der Waals surface area contributed by atoms with Crippen molar-refractivity contribution in [2.45, 2.75) is 63.2 Å². The minimum absolute atomic E-state index is 0.0268. The predicted molar refractivity (Wildman–Crippen MR) is 127 cm³/mol. The SMILES string of the molecule is COc1ccc2c(c1)CC[C@@H]1[C@H]2CC[C@]2(C)/C(=N\NS(=O)(=O)c3ccc(C)cc3)CC[C@@H]12. The van der Waals surface area contributed by atoms with Gasteiger partial charge in [0.1, 0.15) is 5.75 Å². The van der Waals surface area contributed by atoms with Gasteiger partial charge >= 0.3 is 0 Å². The summed E-state index contributed by atoms with van der Waals surface area (Å²) in [5.74, 6) is 2.72. The van der Waals surface area contributed by atoms with E-state index < -0.39 is 10.0 Å². The van der Waals surface area contributed by atoms with E-state index in [4.69, 9.17) is 4.74 Å². The third kappa shape index (κ3) is 3.53. The lowest BCUT2D eigenvalue weighted by molar-refractivity contribution is 0.0954. The molecule has 0 bridgehead atoms. The molecule has 0 saturated heterocycles. The maximum atomic E-state index is 12.8. The van der Waals surface area contributed by atoms with Gasteiger partial charge in [0.05, 0.1) is 12.0 Å². The van der Waals surface area contributed by atoms with Crippen molar-refractivity contribution < 1.29 is 13.2 Å². The zero-order valence-corrected chi connectivity index (χ0v) is 19.9. The fourth-order valence-electron chi connectivity index (χ4n) is 6.54. The quantitative estimate of drug-likeness (QED) is 0.649. The first kappa shape index (κ1) is 21.5. The smallest absolute Gasteiger partial charge is 0.276 e. The number of ether oxygens (including phenoxy) is 1. The van der Waals surface area contributed by atoms with Crippen molar-refractivity contribution in [3.05, 3.63) is 59.2 Å². The van der Waals surface area contributed by atoms with Gasteiger partial charge in [-0.3, -0.25) is 0 Å². The number of methoxy groups -OCH3 is 1. The molecule has 0 radical (unpaired) electrons. The summed E-state index contributed by atoms with van der Waals surface area (Å²) < 4.78 is 30.9. The van der Waals surface area contributed by atoms with E-state index in [0.717, 1.165) is 49.1 Å². The first-order chi connectivity index (χ1) is 15.3. The number of benzene rings is 2. The Bertz CT molecular complexity index is 1160. The topological polar surface area (TPSA) is 67.8 Å². The number of hydrogen-bond acceptors (Lipinski definition) is 4. The molecule has 170 valence electrons. The summed E-state index contributed by atoms with van der Waals surface area (Å²) in [4.78, 5) is 2.80. The largest absolute Gasteiger partial charge is 0.497 e. The van der Waals surface area contributed by atoms with Crippen LogP contribution in [0.25, 0.3) is 0 Å². The van der Waals surface area contributed by atoms with Gasteiger partial charge in [0.15, 0.2) is 0 Å². The van der Waals surface area contributed by atoms with Crippen LogP contribution in [0.2, 0.25) is 0 Å². The predicted octanol–water partition coefficient (Wildman–Crippen LogP) is 5.19. The van der Waals surface area contributed by atoms with E-state index in [-0.39, 0.29) is 10.3 Å². The third-order valence-electron chi connectivity index (χ3n) is 8.31. The van der Waals surface area contributed by atoms with Gasteiger partial charge in [-0.1, -0.05) is 30.7 Å². The molecule has 3 aliphatic carbocycles. The number of nitrogens with zero attached hydrogens (tertiary/aromatic N) is 1. The van der Waals surface area contributed by atoms with Crippen LogP contribution >= 0.6 is 0 Å². The number of hydrazone groups is 1. The molecular weight excluding hydrogens is 420 g/mol. The van der Waals surface area contributed by atoms with Gasteiger partial charge in [-0.15, -0.1) is 0 Å². The van der Waals surface area contributed by atoms with Crippen LogP contribution in [0.3, 0.4) is 0 Å². The Balaban J connectivity index is 1.37. The first-order valence-electron chi connectivity index (χ1n) is 11.6. The Morgan fingerprint density at radius 2 is 1.84 bits per heavy atom. The molecule has 0 aliphatic heterocycles. The van der Waals surface area contributed by atoms with Gasteiger partial charge in [-0.05, 0) is 98.6 Å². The minimum atomic E-state index is -3.65. The lowest BCUT2D eigenvalue weighted by atomic mass is 9.55. The monoisotopic (exact) mass is 452 g/mol. The summed E-state index contributed by atoms with van der Waals surface area (Å²) in [6, 6.07) is 13.5. The van der Waals surface area contributed by atoms with Gasteiger partial charge in [0.25, 0.3) is 10.0 Å². The van der Waals surface area contributed by atoms with Crippen molar-refractivity contribution in [3.63, 3.8) is 0 Å². The van der Waals surface area contributed by atoms with Gasteiger partial charge in [0, 0.05) is 11.1 Å². The van der Waals surface area contributed by atoms with Crippen LogP contribution in [0, 0.1) is 24.2 Å². The maximum Gasteiger partial charge on any atom is 0.276 e. The van der Waals surface area contributed by atoms with E-state index in [0.29, 0.717) is 17.8 Å². The Morgan fingerprint density at radius 1 is 1.06 bits per heavy atom. The first-order valence-corrected chi connectivity index (χ1v) is 13.1. The number of fused-ring (bicyclic) bond motifs is 5. The Morgan fingerprint density at radius 3 is 2.59 bits per heavy atom. The molecule has 3 aliphatic rings. The van der Waals surface area contributed by atoms with Crippen molar-refractivity contribution in [1.82, 2.24) is 4.83 Å². The number of hydrogen-bond donors (Lipinski definition) is 1. The minimum Gasteiger partial charge on any atom is -0.497 e. The van der Waals surface area contributed by atoms with Gasteiger partial charge in [-0.25, -0.2) is 4.83 Å². The third-order valence-corrected chi connectivity index (χ3v) is 9.53. The molecule has 0 unspecified atom stereocenters. The second kappa shape index (κ2) is 7.91. The van der Waals surface area contributed by atoms with Crippen LogP contribution < -0.4 is 9.57 Å². The molecule has 2 fully saturated rings. The molecule has 0 amide bonds. The number of sulfonamides is 1. The zero-order chi connectivity index (χ0) is 22.5. The van der Waals surface area contributed by atoms with Crippen molar-refractivity contribution in [3.8, 4) is 5.75 Å². The van der Waals surface area contributed by atoms with Gasteiger partial charge in [0.2, 0.25) is 0 Å². The molecule has 2 saturated carbocycles. The van der Waals surface area contributed by atoms with E-state index in [1.807, 2.05) is 19.1 Å². The summed E-state index contributed by atoms with van der Waals surface area (Å²) in [6.07, 6.45) is 6.42. The molecular formula is C26H32N2O3S. The van der Waals surface area contributed by atoms with Crippen LogP contribution in [0.15, 0.2) is 52.5 Å². The van der Waals surface area contributed by atoms with E-state index in [9.17, 15) is 8.42 Å². The molecule has 4 atom stereocenters. The van der Waals surface area contributed by atoms with Crippen molar-refractivity contribution in [2.75, 3.05) is 7.11 Å². The Kier molecular flexibility index (Phi) is 5.31. The summed E-state index contributed by atoms with van der Waals surface area (Å²) in [5.41, 5.74) is 4.96. The molecule has 5 rings (SSSR count). The highest BCUT2D eigenvalue weighted by Gasteiger charge is 2.53. The highest BCUT2D eigenvalue weighted by Crippen LogP contribution is 2.59. The standard InChI is InChI=1S/C26H32N2O3S/c1-17-4-8-20(9-5-17)32(29,30)28-27-25-13-12-24-23-10-6-18-16-19(31-3)7-11-21(18)22(23)14-15-26(24,25)2/h4-5,7-9,11,16,22-24,28H,6,10,12-15H2,1-3H3/b27-25-/t22-,23+,24-,26-/m0/s1. The Labute approximate surface area is 191 Å². The fraction of sp³-hybridized carbons (Fsp3) is 0.500. The van der Waals surface area contributed by atoms with E-state index >= 15 is 0 Å². The van der Waals surface area contributed by atoms with Gasteiger partial charge in [-0.2, -0.15) is 13.5 Å². The molecule has 2 aromatic rings. The number of nitrogens with one attached hydrogen (secondary N) is 1. The highest BCUT2D eigenvalue weighted by atomic mass is 32.2. The Hall–Kier alpha value is -2.34. The van der Waals surface area contributed by atoms with Crippen LogP contribution in [-0.2, 0) is 16.4 Å². The summed E-state index contributed by atoms with van der Waals surface area (Å²) in [5, 5.41) is 4.52. The van der Waals surface area contributed by atoms with Crippen molar-refractivity contribution >= 4 is 15.7 Å². The molecule has 0 heterocycles. The average molecular weight is 453 g/mol.